The van der Waals surface area contributed by atoms with Gasteiger partial charge in [0.05, 0.1) is 0 Å². The molecule has 1 N–H and O–H groups in total. The molecule has 0 bridgehead atoms. The number of hydrogen-bond acceptors (Lipinski definition) is 7. The molecule has 0 atom stereocenters. The van der Waals surface area contributed by atoms with Crippen molar-refractivity contribution in [3.8, 4) is 0 Å². The minimum Gasteiger partial charge on any atom is -0.508 e. The number of carbonyl (C=O) groups excluding carboxylic acids is 6. The molecule has 120 valence electrons. The summed E-state index contributed by atoms with van der Waals surface area (Å²) in [7, 11) is 0. The second kappa shape index (κ2) is 6.34. The van der Waals surface area contributed by atoms with Crippen LogP contribution in [0.25, 0.3) is 0 Å². The first-order valence-electron chi connectivity index (χ1n) is 6.69. The molecule has 0 saturated carbocycles. The Bertz CT molecular complexity index is 657. The number of aliphatic hydroxyl groups is 1. The fourth-order valence-electron chi connectivity index (χ4n) is 2.12. The van der Waals surface area contributed by atoms with Crippen LogP contribution in [0.1, 0.15) is 25.7 Å². The van der Waals surface area contributed by atoms with Gasteiger partial charge in [0.25, 0.3) is 11.8 Å². The maximum absolute atomic E-state index is 11.7. The van der Waals surface area contributed by atoms with Gasteiger partial charge < -0.3 is 5.11 Å². The normalized spacial score (nSPS) is 19.4. The fourth-order valence-corrected chi connectivity index (χ4v) is 2.12. The number of imide groups is 6. The molecule has 2 rings (SSSR count). The van der Waals surface area contributed by atoms with Crippen molar-refractivity contribution in [2.24, 2.45) is 0 Å². The van der Waals surface area contributed by atoms with E-state index in [2.05, 4.69) is 0 Å². The Balaban J connectivity index is 2.04. The molecule has 0 unspecified atom stereocenters. The number of likely N-dealkylation sites (tertiary alicyclic amines) is 2. The summed E-state index contributed by atoms with van der Waals surface area (Å²) >= 11 is 0. The largest absolute Gasteiger partial charge is 0.508 e. The summed E-state index contributed by atoms with van der Waals surface area (Å²) in [4.78, 5) is 69.6. The van der Waals surface area contributed by atoms with Crippen molar-refractivity contribution in [3.05, 3.63) is 24.0 Å². The monoisotopic (exact) mass is 320 g/mol. The zero-order valence-corrected chi connectivity index (χ0v) is 11.9. The maximum atomic E-state index is 11.7. The van der Waals surface area contributed by atoms with E-state index in [-0.39, 0.29) is 25.7 Å². The van der Waals surface area contributed by atoms with Gasteiger partial charge in [-0.15, -0.1) is 0 Å². The third-order valence-electron chi connectivity index (χ3n) is 3.21. The van der Waals surface area contributed by atoms with Gasteiger partial charge in [0, 0.05) is 37.8 Å². The Morgan fingerprint density at radius 3 is 1.57 bits per heavy atom. The molecule has 23 heavy (non-hydrogen) atoms. The average molecular weight is 320 g/mol. The summed E-state index contributed by atoms with van der Waals surface area (Å²) < 4.78 is 0. The van der Waals surface area contributed by atoms with Crippen LogP contribution in [0.4, 0.5) is 0 Å². The molecule has 0 radical (unpaired) electrons. The Morgan fingerprint density at radius 1 is 0.739 bits per heavy atom. The van der Waals surface area contributed by atoms with Gasteiger partial charge in [0.2, 0.25) is 23.6 Å². The van der Waals surface area contributed by atoms with Crippen LogP contribution in [0.2, 0.25) is 0 Å². The van der Waals surface area contributed by atoms with Crippen LogP contribution in [-0.2, 0) is 28.8 Å². The van der Waals surface area contributed by atoms with Crippen LogP contribution in [0, 0.1) is 0 Å². The van der Waals surface area contributed by atoms with Gasteiger partial charge >= 0.3 is 0 Å². The van der Waals surface area contributed by atoms with E-state index in [1.807, 2.05) is 0 Å². The van der Waals surface area contributed by atoms with Gasteiger partial charge in [-0.25, -0.2) is 9.80 Å². The van der Waals surface area contributed by atoms with E-state index < -0.39 is 41.2 Å². The van der Waals surface area contributed by atoms with Crippen molar-refractivity contribution in [3.63, 3.8) is 0 Å². The molecule has 2 aliphatic heterocycles. The smallest absolute Gasteiger partial charge is 0.263 e. The quantitative estimate of drug-likeness (QED) is 0.316. The first-order valence-corrected chi connectivity index (χ1v) is 6.69. The van der Waals surface area contributed by atoms with Crippen molar-refractivity contribution in [1.82, 2.24) is 9.80 Å². The molecular formula is C14H12N2O7. The summed E-state index contributed by atoms with van der Waals surface area (Å²) in [6, 6.07) is 0. The van der Waals surface area contributed by atoms with Crippen molar-refractivity contribution >= 4 is 35.4 Å². The number of amides is 6. The summed E-state index contributed by atoms with van der Waals surface area (Å²) in [6.07, 6.45) is 1.87. The highest BCUT2D eigenvalue weighted by molar-refractivity contribution is 6.18. The molecule has 9 heteroatoms. The summed E-state index contributed by atoms with van der Waals surface area (Å²) in [5.41, 5.74) is 0. The van der Waals surface area contributed by atoms with Crippen LogP contribution in [0.3, 0.4) is 0 Å². The number of nitrogens with zero attached hydrogens (tertiary/aromatic N) is 2. The minimum absolute atomic E-state index is 0.0576. The second-order valence-electron chi connectivity index (χ2n) is 4.82. The van der Waals surface area contributed by atoms with Gasteiger partial charge in [-0.05, 0) is 6.08 Å². The zero-order valence-electron chi connectivity index (χ0n) is 11.9. The Labute approximate surface area is 129 Å². The molecular weight excluding hydrogens is 308 g/mol. The van der Waals surface area contributed by atoms with E-state index in [0.29, 0.717) is 15.9 Å². The predicted molar refractivity (Wildman–Crippen MR) is 72.0 cm³/mol. The second-order valence-corrected chi connectivity index (χ2v) is 4.82. The number of aliphatic hydroxyl groups excluding tert-OH is 1. The van der Waals surface area contributed by atoms with E-state index in [0.717, 1.165) is 12.2 Å². The first kappa shape index (κ1) is 16.3. The van der Waals surface area contributed by atoms with E-state index in [1.165, 1.54) is 0 Å². The fraction of sp³-hybridized carbons (Fsp3) is 0.286. The van der Waals surface area contributed by atoms with Crippen LogP contribution >= 0.6 is 0 Å². The number of hydrogen-bond donors (Lipinski definition) is 1. The third kappa shape index (κ3) is 3.39. The van der Waals surface area contributed by atoms with Crippen molar-refractivity contribution in [2.45, 2.75) is 25.7 Å². The molecule has 0 aliphatic carbocycles. The SMILES string of the molecule is O=C(/C=C(O)/C=C/C(=O)N1C(=O)CCC1=O)N1C(=O)CCC1=O. The van der Waals surface area contributed by atoms with E-state index >= 15 is 0 Å². The molecule has 6 amide bonds. The lowest BCUT2D eigenvalue weighted by Gasteiger charge is -2.09. The van der Waals surface area contributed by atoms with Gasteiger partial charge in [0.15, 0.2) is 0 Å². The van der Waals surface area contributed by atoms with Gasteiger partial charge in [0.1, 0.15) is 5.76 Å². The van der Waals surface area contributed by atoms with E-state index in [9.17, 15) is 33.9 Å². The highest BCUT2D eigenvalue weighted by atomic mass is 16.3. The summed E-state index contributed by atoms with van der Waals surface area (Å²) in [6.45, 7) is 0. The summed E-state index contributed by atoms with van der Waals surface area (Å²) in [5.74, 6) is -5.29. The molecule has 0 aromatic heterocycles. The molecule has 2 heterocycles. The lowest BCUT2D eigenvalue weighted by Crippen LogP contribution is -2.34. The van der Waals surface area contributed by atoms with Crippen LogP contribution in [0.5, 0.6) is 0 Å². The van der Waals surface area contributed by atoms with Crippen molar-refractivity contribution in [1.29, 1.82) is 0 Å². The number of rotatable bonds is 3. The van der Waals surface area contributed by atoms with Crippen molar-refractivity contribution in [2.75, 3.05) is 0 Å². The molecule has 9 nitrogen and oxygen atoms in total. The van der Waals surface area contributed by atoms with Gasteiger partial charge in [-0.3, -0.25) is 28.8 Å². The maximum Gasteiger partial charge on any atom is 0.263 e. The highest BCUT2D eigenvalue weighted by Crippen LogP contribution is 2.14. The Hall–Kier alpha value is -3.10. The lowest BCUT2D eigenvalue weighted by atomic mass is 10.3. The molecule has 2 fully saturated rings. The van der Waals surface area contributed by atoms with Crippen molar-refractivity contribution < 1.29 is 33.9 Å². The van der Waals surface area contributed by atoms with E-state index in [1.54, 1.807) is 0 Å². The number of allylic oxidation sites excluding steroid dienone is 1. The molecule has 0 aromatic rings. The Kier molecular flexibility index (Phi) is 4.49. The first-order chi connectivity index (χ1) is 10.8. The van der Waals surface area contributed by atoms with E-state index in [4.69, 9.17) is 0 Å². The topological polar surface area (TPSA) is 129 Å². The van der Waals surface area contributed by atoms with Gasteiger partial charge in [-0.2, -0.15) is 0 Å². The molecule has 2 aliphatic rings. The number of carbonyl (C=O) groups is 6. The molecule has 2 saturated heterocycles. The summed E-state index contributed by atoms with van der Waals surface area (Å²) in [5, 5.41) is 9.54. The van der Waals surface area contributed by atoms with Crippen LogP contribution in [-0.4, -0.2) is 50.3 Å². The zero-order chi connectivity index (χ0) is 17.1. The van der Waals surface area contributed by atoms with Crippen LogP contribution < -0.4 is 0 Å². The average Bonchev–Trinajstić information content (AvgIpc) is 2.98. The standard InChI is InChI=1S/C14H12N2O7/c17-8(7-14(23)16-12(21)5-6-13(16)22)1-2-9(18)15-10(19)3-4-11(15)20/h1-2,7,17H,3-6H2/b2-1+,8-7-. The Morgan fingerprint density at radius 2 is 1.13 bits per heavy atom. The minimum atomic E-state index is -1.03. The lowest BCUT2D eigenvalue weighted by molar-refractivity contribution is -0.149. The van der Waals surface area contributed by atoms with Crippen LogP contribution in [0.15, 0.2) is 24.0 Å². The molecule has 0 spiro atoms. The van der Waals surface area contributed by atoms with Gasteiger partial charge in [-0.1, -0.05) is 0 Å². The third-order valence-corrected chi connectivity index (χ3v) is 3.21. The molecule has 0 aromatic carbocycles. The highest BCUT2D eigenvalue weighted by Gasteiger charge is 2.34. The predicted octanol–water partition coefficient (Wildman–Crippen LogP) is -0.664.